The average Bonchev–Trinajstić information content (AvgIpc) is 2.23. The molecule has 3 N–H and O–H groups in total. The molecule has 0 saturated carbocycles. The normalized spacial score (nSPS) is 11.3. The lowest BCUT2D eigenvalue weighted by Crippen LogP contribution is -2.27. The van der Waals surface area contributed by atoms with Gasteiger partial charge in [-0.05, 0) is 51.4 Å². The predicted molar refractivity (Wildman–Crippen MR) is 69.0 cm³/mol. The molecule has 0 aliphatic rings. The first-order valence-corrected chi connectivity index (χ1v) is 5.91. The third-order valence-corrected chi connectivity index (χ3v) is 2.16. The molecule has 0 fully saturated rings. The van der Waals surface area contributed by atoms with Crippen molar-refractivity contribution in [2.75, 3.05) is 11.9 Å². The third kappa shape index (κ3) is 4.82. The van der Waals surface area contributed by atoms with Gasteiger partial charge >= 0.3 is 6.09 Å². The highest BCUT2D eigenvalue weighted by Gasteiger charge is 2.19. The Hall–Kier alpha value is -1.69. The molecule has 106 valence electrons. The van der Waals surface area contributed by atoms with Gasteiger partial charge < -0.3 is 10.5 Å². The monoisotopic (exact) mass is 272 g/mol. The number of carbonyl (C=O) groups excluding carboxylic acids is 1. The SMILES string of the molecule is CC(C)(C)OC(=O)Nc1cc(CCN)cc(F)c1F. The lowest BCUT2D eigenvalue weighted by molar-refractivity contribution is 0.0635. The van der Waals surface area contributed by atoms with Crippen LogP contribution in [0.25, 0.3) is 0 Å². The molecule has 0 aliphatic heterocycles. The molecule has 1 amide bonds. The summed E-state index contributed by atoms with van der Waals surface area (Å²) in [5.74, 6) is -2.15. The number of benzene rings is 1. The second kappa shape index (κ2) is 5.97. The number of nitrogens with two attached hydrogens (primary N) is 1. The van der Waals surface area contributed by atoms with Gasteiger partial charge in [0.1, 0.15) is 5.60 Å². The summed E-state index contributed by atoms with van der Waals surface area (Å²) >= 11 is 0. The molecular weight excluding hydrogens is 254 g/mol. The van der Waals surface area contributed by atoms with Crippen molar-refractivity contribution in [2.45, 2.75) is 32.8 Å². The fourth-order valence-corrected chi connectivity index (χ4v) is 1.46. The van der Waals surface area contributed by atoms with Gasteiger partial charge in [0.2, 0.25) is 0 Å². The van der Waals surface area contributed by atoms with E-state index in [1.807, 2.05) is 0 Å². The topological polar surface area (TPSA) is 64.3 Å². The van der Waals surface area contributed by atoms with Crippen LogP contribution in [0.1, 0.15) is 26.3 Å². The van der Waals surface area contributed by atoms with Crippen molar-refractivity contribution in [2.24, 2.45) is 5.73 Å². The van der Waals surface area contributed by atoms with Gasteiger partial charge in [-0.15, -0.1) is 0 Å². The van der Waals surface area contributed by atoms with Crippen LogP contribution in [0.2, 0.25) is 0 Å². The number of carbonyl (C=O) groups is 1. The summed E-state index contributed by atoms with van der Waals surface area (Å²) in [6.45, 7) is 5.33. The van der Waals surface area contributed by atoms with Crippen LogP contribution in [0, 0.1) is 11.6 Å². The fourth-order valence-electron chi connectivity index (χ4n) is 1.46. The van der Waals surface area contributed by atoms with Gasteiger partial charge in [-0.25, -0.2) is 13.6 Å². The number of nitrogens with one attached hydrogen (secondary N) is 1. The van der Waals surface area contributed by atoms with Crippen LogP contribution in [-0.2, 0) is 11.2 Å². The first-order chi connectivity index (χ1) is 8.73. The van der Waals surface area contributed by atoms with E-state index >= 15 is 0 Å². The zero-order valence-electron chi connectivity index (χ0n) is 11.2. The number of anilines is 1. The van der Waals surface area contributed by atoms with E-state index in [1.54, 1.807) is 20.8 Å². The summed E-state index contributed by atoms with van der Waals surface area (Å²) in [7, 11) is 0. The Morgan fingerprint density at radius 3 is 2.53 bits per heavy atom. The van der Waals surface area contributed by atoms with E-state index in [4.69, 9.17) is 10.5 Å². The van der Waals surface area contributed by atoms with E-state index < -0.39 is 23.3 Å². The number of ether oxygens (including phenoxy) is 1. The zero-order chi connectivity index (χ0) is 14.6. The number of amides is 1. The highest BCUT2D eigenvalue weighted by molar-refractivity contribution is 5.85. The van der Waals surface area contributed by atoms with Crippen molar-refractivity contribution >= 4 is 11.8 Å². The van der Waals surface area contributed by atoms with E-state index in [0.717, 1.165) is 6.07 Å². The Labute approximate surface area is 110 Å². The van der Waals surface area contributed by atoms with Crippen LogP contribution in [0.4, 0.5) is 19.3 Å². The summed E-state index contributed by atoms with van der Waals surface area (Å²) < 4.78 is 31.9. The Kier molecular flexibility index (Phi) is 4.83. The molecule has 0 unspecified atom stereocenters. The van der Waals surface area contributed by atoms with Crippen LogP contribution < -0.4 is 11.1 Å². The number of hydrogen-bond acceptors (Lipinski definition) is 3. The van der Waals surface area contributed by atoms with Gasteiger partial charge in [0.15, 0.2) is 11.6 Å². The van der Waals surface area contributed by atoms with Crippen LogP contribution in [0.5, 0.6) is 0 Å². The van der Waals surface area contributed by atoms with Crippen molar-refractivity contribution in [1.82, 2.24) is 0 Å². The summed E-state index contributed by atoms with van der Waals surface area (Å²) in [6.07, 6.45) is -0.448. The minimum absolute atomic E-state index is 0.252. The maximum Gasteiger partial charge on any atom is 0.412 e. The molecule has 0 radical (unpaired) electrons. The highest BCUT2D eigenvalue weighted by Crippen LogP contribution is 2.21. The molecule has 0 saturated heterocycles. The smallest absolute Gasteiger partial charge is 0.412 e. The zero-order valence-corrected chi connectivity index (χ0v) is 11.2. The lowest BCUT2D eigenvalue weighted by atomic mass is 10.1. The Morgan fingerprint density at radius 1 is 1.37 bits per heavy atom. The van der Waals surface area contributed by atoms with Crippen molar-refractivity contribution < 1.29 is 18.3 Å². The molecule has 1 rings (SSSR count). The molecule has 0 bridgehead atoms. The van der Waals surface area contributed by atoms with Gasteiger partial charge in [-0.2, -0.15) is 0 Å². The van der Waals surface area contributed by atoms with Crippen LogP contribution in [-0.4, -0.2) is 18.2 Å². The standard InChI is InChI=1S/C13H18F2N2O2/c1-13(2,3)19-12(18)17-10-7-8(4-5-16)6-9(14)11(10)15/h6-7H,4-5,16H2,1-3H3,(H,17,18). The van der Waals surface area contributed by atoms with Gasteiger partial charge in [0.25, 0.3) is 0 Å². The van der Waals surface area contributed by atoms with E-state index in [-0.39, 0.29) is 5.69 Å². The molecule has 0 aliphatic carbocycles. The molecule has 19 heavy (non-hydrogen) atoms. The summed E-state index contributed by atoms with van der Waals surface area (Å²) in [4.78, 5) is 11.5. The van der Waals surface area contributed by atoms with Crippen LogP contribution in [0.3, 0.4) is 0 Å². The summed E-state index contributed by atoms with van der Waals surface area (Å²) in [5.41, 5.74) is 4.90. The Morgan fingerprint density at radius 2 is 2.00 bits per heavy atom. The predicted octanol–water partition coefficient (Wildman–Crippen LogP) is 2.81. The van der Waals surface area contributed by atoms with E-state index in [2.05, 4.69) is 5.32 Å². The number of rotatable bonds is 3. The van der Waals surface area contributed by atoms with Crippen LogP contribution >= 0.6 is 0 Å². The maximum absolute atomic E-state index is 13.5. The molecule has 0 spiro atoms. The molecular formula is C13H18F2N2O2. The highest BCUT2D eigenvalue weighted by atomic mass is 19.2. The quantitative estimate of drug-likeness (QED) is 0.889. The molecule has 6 heteroatoms. The van der Waals surface area contributed by atoms with Gasteiger partial charge in [0.05, 0.1) is 5.69 Å². The second-order valence-electron chi connectivity index (χ2n) is 5.10. The minimum Gasteiger partial charge on any atom is -0.444 e. The maximum atomic E-state index is 13.5. The third-order valence-electron chi connectivity index (χ3n) is 2.16. The molecule has 0 aromatic heterocycles. The Bertz CT molecular complexity index is 470. The first kappa shape index (κ1) is 15.4. The minimum atomic E-state index is -1.12. The van der Waals surface area contributed by atoms with Gasteiger partial charge in [0, 0.05) is 0 Å². The van der Waals surface area contributed by atoms with E-state index in [1.165, 1.54) is 6.07 Å². The second-order valence-corrected chi connectivity index (χ2v) is 5.10. The average molecular weight is 272 g/mol. The van der Waals surface area contributed by atoms with Gasteiger partial charge in [-0.1, -0.05) is 0 Å². The van der Waals surface area contributed by atoms with Gasteiger partial charge in [-0.3, -0.25) is 5.32 Å². The molecule has 4 nitrogen and oxygen atoms in total. The molecule has 0 heterocycles. The molecule has 1 aromatic carbocycles. The lowest BCUT2D eigenvalue weighted by Gasteiger charge is -2.20. The first-order valence-electron chi connectivity index (χ1n) is 5.91. The number of halogens is 2. The van der Waals surface area contributed by atoms with Crippen molar-refractivity contribution in [3.8, 4) is 0 Å². The largest absolute Gasteiger partial charge is 0.444 e. The van der Waals surface area contributed by atoms with E-state index in [0.29, 0.717) is 18.5 Å². The Balaban J connectivity index is 2.90. The summed E-state index contributed by atoms with van der Waals surface area (Å²) in [6, 6.07) is 2.40. The van der Waals surface area contributed by atoms with Crippen molar-refractivity contribution in [3.05, 3.63) is 29.3 Å². The molecule has 0 atom stereocenters. The van der Waals surface area contributed by atoms with E-state index in [9.17, 15) is 13.6 Å². The molecule has 1 aromatic rings. The van der Waals surface area contributed by atoms with Crippen molar-refractivity contribution in [3.63, 3.8) is 0 Å². The van der Waals surface area contributed by atoms with Crippen molar-refractivity contribution in [1.29, 1.82) is 0 Å². The van der Waals surface area contributed by atoms with Crippen LogP contribution in [0.15, 0.2) is 12.1 Å². The summed E-state index contributed by atoms with van der Waals surface area (Å²) in [5, 5.41) is 2.19. The number of hydrogen-bond donors (Lipinski definition) is 2. The fraction of sp³-hybridized carbons (Fsp3) is 0.462.